The molecule has 4 atom stereocenters. The molecule has 0 saturated heterocycles. The standard InChI is InChI=1S/C30H34N4O/c1-19-27(20(2)34(33-19)22-7-5-4-6-8-22)18-31-32-29-14-13-28-26-11-9-21-17-23(35)10-12-24(21)25(26)15-16-30(28,29)3/h4-8,10,12,17-18,25-26,28,35H,9,11,13-16H2,1-3H3/b31-18-,32-29-/t25-,26-,28+,30+/m0/s1. The molecule has 1 heterocycles. The molecule has 2 fully saturated rings. The van der Waals surface area contributed by atoms with Crippen molar-refractivity contribution in [1.82, 2.24) is 9.78 Å². The summed E-state index contributed by atoms with van der Waals surface area (Å²) in [6.07, 6.45) is 8.81. The minimum absolute atomic E-state index is 0.144. The smallest absolute Gasteiger partial charge is 0.115 e. The summed E-state index contributed by atoms with van der Waals surface area (Å²) in [7, 11) is 0. The minimum Gasteiger partial charge on any atom is -0.508 e. The van der Waals surface area contributed by atoms with Gasteiger partial charge < -0.3 is 5.11 Å². The number of hydrogen-bond acceptors (Lipinski definition) is 4. The summed E-state index contributed by atoms with van der Waals surface area (Å²) < 4.78 is 1.98. The van der Waals surface area contributed by atoms with Gasteiger partial charge in [-0.15, -0.1) is 0 Å². The SMILES string of the molecule is Cc1nn(-c2ccccc2)c(C)c1/C=N\N=C1\CC[C@@H]2[C@H]3CCc4cc(O)ccc4[C@@H]3CC[C@@]12C. The third-order valence-electron chi connectivity index (χ3n) is 9.16. The van der Waals surface area contributed by atoms with E-state index in [4.69, 9.17) is 10.2 Å². The summed E-state index contributed by atoms with van der Waals surface area (Å²) in [5.41, 5.74) is 8.42. The zero-order valence-electron chi connectivity index (χ0n) is 20.9. The normalized spacial score (nSPS) is 28.8. The van der Waals surface area contributed by atoms with Gasteiger partial charge in [-0.05, 0) is 106 Å². The fourth-order valence-corrected chi connectivity index (χ4v) is 7.34. The van der Waals surface area contributed by atoms with Crippen molar-refractivity contribution < 1.29 is 5.11 Å². The lowest BCUT2D eigenvalue weighted by Gasteiger charge is -2.49. The van der Waals surface area contributed by atoms with E-state index in [2.05, 4.69) is 37.1 Å². The summed E-state index contributed by atoms with van der Waals surface area (Å²) in [5, 5.41) is 24.1. The number of aromatic hydroxyl groups is 1. The van der Waals surface area contributed by atoms with Crippen molar-refractivity contribution in [3.8, 4) is 11.4 Å². The Morgan fingerprint density at radius 2 is 1.89 bits per heavy atom. The molecule has 5 nitrogen and oxygen atoms in total. The first kappa shape index (κ1) is 22.3. The van der Waals surface area contributed by atoms with Crippen molar-refractivity contribution in [2.24, 2.45) is 27.5 Å². The van der Waals surface area contributed by atoms with Crippen LogP contribution in [0, 0.1) is 31.1 Å². The van der Waals surface area contributed by atoms with Gasteiger partial charge in [-0.2, -0.15) is 15.3 Å². The molecule has 1 aromatic heterocycles. The molecule has 2 saturated carbocycles. The van der Waals surface area contributed by atoms with Crippen LogP contribution in [0.5, 0.6) is 5.75 Å². The maximum atomic E-state index is 9.93. The molecular formula is C30H34N4O. The van der Waals surface area contributed by atoms with E-state index in [1.165, 1.54) is 36.1 Å². The summed E-state index contributed by atoms with van der Waals surface area (Å²) in [6, 6.07) is 16.3. The van der Waals surface area contributed by atoms with E-state index < -0.39 is 0 Å². The fraction of sp³-hybridized carbons (Fsp3) is 0.433. The second-order valence-electron chi connectivity index (χ2n) is 10.9. The Hall–Kier alpha value is -3.21. The number of aromatic nitrogens is 2. The summed E-state index contributed by atoms with van der Waals surface area (Å²) >= 11 is 0. The number of aryl methyl sites for hydroxylation is 2. The van der Waals surface area contributed by atoms with Gasteiger partial charge in [0.15, 0.2) is 0 Å². The molecule has 0 radical (unpaired) electrons. The molecule has 1 N–H and O–H groups in total. The Morgan fingerprint density at radius 3 is 2.71 bits per heavy atom. The van der Waals surface area contributed by atoms with Crippen LogP contribution in [0.4, 0.5) is 0 Å². The molecule has 3 aliphatic carbocycles. The molecule has 0 amide bonds. The lowest BCUT2D eigenvalue weighted by molar-refractivity contribution is 0.0955. The fourth-order valence-electron chi connectivity index (χ4n) is 7.34. The highest BCUT2D eigenvalue weighted by Crippen LogP contribution is 2.60. The second-order valence-corrected chi connectivity index (χ2v) is 10.9. The number of phenols is 1. The van der Waals surface area contributed by atoms with E-state index in [1.54, 1.807) is 0 Å². The highest BCUT2D eigenvalue weighted by molar-refractivity contribution is 5.93. The van der Waals surface area contributed by atoms with Gasteiger partial charge in [-0.25, -0.2) is 4.68 Å². The molecule has 0 bridgehead atoms. The van der Waals surface area contributed by atoms with Crippen molar-refractivity contribution in [2.45, 2.75) is 65.2 Å². The summed E-state index contributed by atoms with van der Waals surface area (Å²) in [4.78, 5) is 0. The van der Waals surface area contributed by atoms with Crippen LogP contribution in [-0.4, -0.2) is 26.8 Å². The van der Waals surface area contributed by atoms with Crippen molar-refractivity contribution in [2.75, 3.05) is 0 Å². The number of benzene rings is 2. The van der Waals surface area contributed by atoms with E-state index in [1.807, 2.05) is 48.2 Å². The topological polar surface area (TPSA) is 62.8 Å². The molecule has 180 valence electrons. The van der Waals surface area contributed by atoms with Crippen LogP contribution in [0.3, 0.4) is 0 Å². The zero-order valence-corrected chi connectivity index (χ0v) is 20.9. The number of hydrogen-bond donors (Lipinski definition) is 1. The van der Waals surface area contributed by atoms with Crippen LogP contribution < -0.4 is 0 Å². The van der Waals surface area contributed by atoms with E-state index in [9.17, 15) is 5.11 Å². The van der Waals surface area contributed by atoms with Crippen LogP contribution in [-0.2, 0) is 6.42 Å². The molecule has 5 heteroatoms. The number of para-hydroxylation sites is 1. The zero-order chi connectivity index (χ0) is 24.2. The van der Waals surface area contributed by atoms with Gasteiger partial charge in [0.2, 0.25) is 0 Å². The molecule has 0 aliphatic heterocycles. The Morgan fingerprint density at radius 1 is 1.06 bits per heavy atom. The maximum absolute atomic E-state index is 9.93. The molecular weight excluding hydrogens is 432 g/mol. The van der Waals surface area contributed by atoms with Gasteiger partial charge in [0.25, 0.3) is 0 Å². The average molecular weight is 467 g/mol. The van der Waals surface area contributed by atoms with Gasteiger partial charge in [0, 0.05) is 16.7 Å². The molecule has 3 aromatic rings. The summed E-state index contributed by atoms with van der Waals surface area (Å²) in [6.45, 7) is 6.57. The predicted octanol–water partition coefficient (Wildman–Crippen LogP) is 6.53. The van der Waals surface area contributed by atoms with Crippen molar-refractivity contribution in [3.05, 3.63) is 76.6 Å². The molecule has 2 aromatic carbocycles. The third kappa shape index (κ3) is 3.64. The highest BCUT2D eigenvalue weighted by Gasteiger charge is 2.53. The number of nitrogens with zero attached hydrogens (tertiary/aromatic N) is 4. The van der Waals surface area contributed by atoms with Crippen molar-refractivity contribution in [1.29, 1.82) is 0 Å². The van der Waals surface area contributed by atoms with E-state index in [0.29, 0.717) is 23.5 Å². The molecule has 0 unspecified atom stereocenters. The van der Waals surface area contributed by atoms with E-state index >= 15 is 0 Å². The molecule has 35 heavy (non-hydrogen) atoms. The third-order valence-corrected chi connectivity index (χ3v) is 9.16. The quantitative estimate of drug-likeness (QED) is 0.352. The van der Waals surface area contributed by atoms with Crippen LogP contribution in [0.2, 0.25) is 0 Å². The highest BCUT2D eigenvalue weighted by atomic mass is 16.3. The lowest BCUT2D eigenvalue weighted by atomic mass is 9.55. The molecule has 0 spiro atoms. The maximum Gasteiger partial charge on any atom is 0.115 e. The Balaban J connectivity index is 1.24. The first-order valence-corrected chi connectivity index (χ1v) is 13.0. The Kier molecular flexibility index (Phi) is 5.39. The van der Waals surface area contributed by atoms with E-state index in [-0.39, 0.29) is 5.41 Å². The van der Waals surface area contributed by atoms with Gasteiger partial charge >= 0.3 is 0 Å². The van der Waals surface area contributed by atoms with Crippen molar-refractivity contribution in [3.63, 3.8) is 0 Å². The number of fused-ring (bicyclic) bond motifs is 5. The second kappa shape index (κ2) is 8.47. The van der Waals surface area contributed by atoms with Crippen LogP contribution in [0.25, 0.3) is 5.69 Å². The van der Waals surface area contributed by atoms with E-state index in [0.717, 1.165) is 41.9 Å². The van der Waals surface area contributed by atoms with Gasteiger partial charge in [-0.3, -0.25) is 0 Å². The van der Waals surface area contributed by atoms with Crippen LogP contribution in [0.15, 0.2) is 58.7 Å². The van der Waals surface area contributed by atoms with Gasteiger partial charge in [0.1, 0.15) is 5.75 Å². The van der Waals surface area contributed by atoms with Gasteiger partial charge in [0.05, 0.1) is 23.3 Å². The largest absolute Gasteiger partial charge is 0.508 e. The number of phenolic OH excluding ortho intramolecular Hbond substituents is 1. The van der Waals surface area contributed by atoms with Crippen molar-refractivity contribution >= 4 is 11.9 Å². The minimum atomic E-state index is 0.144. The monoisotopic (exact) mass is 466 g/mol. The Bertz CT molecular complexity index is 1320. The van der Waals surface area contributed by atoms with Gasteiger partial charge in [-0.1, -0.05) is 31.2 Å². The lowest BCUT2D eigenvalue weighted by Crippen LogP contribution is -2.42. The summed E-state index contributed by atoms with van der Waals surface area (Å²) in [5.74, 6) is 2.39. The first-order valence-electron chi connectivity index (χ1n) is 13.0. The molecule has 3 aliphatic rings. The van der Waals surface area contributed by atoms with Crippen LogP contribution >= 0.6 is 0 Å². The predicted molar refractivity (Wildman–Crippen MR) is 141 cm³/mol. The van der Waals surface area contributed by atoms with Crippen LogP contribution in [0.1, 0.15) is 73.0 Å². The Labute approximate surface area is 207 Å². The number of rotatable bonds is 3. The first-order chi connectivity index (χ1) is 17.0. The molecule has 6 rings (SSSR count). The average Bonchev–Trinajstić information content (AvgIpc) is 3.35.